The van der Waals surface area contributed by atoms with E-state index in [1.807, 2.05) is 0 Å². The Kier molecular flexibility index (Phi) is 6.01. The molecule has 3 aromatic rings. The number of carbonyl (C=O) groups is 1. The SMILES string of the molecule is CCCCOCCCNC(=O)c1cc(-c2ccco2)nc2onc(C)c12. The summed E-state index contributed by atoms with van der Waals surface area (Å²) in [4.78, 5) is 17.1. The Morgan fingerprint density at radius 3 is 2.92 bits per heavy atom. The quantitative estimate of drug-likeness (QED) is 0.587. The summed E-state index contributed by atoms with van der Waals surface area (Å²) in [5.74, 6) is 0.379. The molecule has 0 aliphatic rings. The number of fused-ring (bicyclic) bond motifs is 1. The molecule has 0 aliphatic heterocycles. The number of rotatable bonds is 9. The molecule has 3 rings (SSSR count). The lowest BCUT2D eigenvalue weighted by Gasteiger charge is -2.08. The molecule has 1 N–H and O–H groups in total. The van der Waals surface area contributed by atoms with E-state index in [0.29, 0.717) is 47.0 Å². The van der Waals surface area contributed by atoms with Crippen molar-refractivity contribution in [2.75, 3.05) is 19.8 Å². The highest BCUT2D eigenvalue weighted by Crippen LogP contribution is 2.27. The minimum Gasteiger partial charge on any atom is -0.463 e. The fourth-order valence-electron chi connectivity index (χ4n) is 2.64. The van der Waals surface area contributed by atoms with Crippen LogP contribution in [0.2, 0.25) is 0 Å². The number of pyridine rings is 1. The van der Waals surface area contributed by atoms with Gasteiger partial charge in [0.15, 0.2) is 5.76 Å². The molecule has 3 heterocycles. The van der Waals surface area contributed by atoms with Crippen molar-refractivity contribution in [3.05, 3.63) is 35.7 Å². The van der Waals surface area contributed by atoms with Crippen molar-refractivity contribution in [3.63, 3.8) is 0 Å². The molecule has 26 heavy (non-hydrogen) atoms. The highest BCUT2D eigenvalue weighted by molar-refractivity contribution is 6.06. The van der Waals surface area contributed by atoms with Crippen LogP contribution in [-0.4, -0.2) is 35.8 Å². The van der Waals surface area contributed by atoms with Crippen LogP contribution in [0, 0.1) is 6.92 Å². The van der Waals surface area contributed by atoms with Crippen LogP contribution in [0.4, 0.5) is 0 Å². The molecule has 138 valence electrons. The number of hydrogen-bond acceptors (Lipinski definition) is 6. The second-order valence-corrected chi connectivity index (χ2v) is 6.06. The Morgan fingerprint density at radius 1 is 1.31 bits per heavy atom. The van der Waals surface area contributed by atoms with Crippen molar-refractivity contribution in [1.29, 1.82) is 0 Å². The average molecular weight is 357 g/mol. The van der Waals surface area contributed by atoms with Gasteiger partial charge in [0.05, 0.1) is 22.9 Å². The van der Waals surface area contributed by atoms with Gasteiger partial charge in [-0.15, -0.1) is 0 Å². The van der Waals surface area contributed by atoms with Crippen molar-refractivity contribution >= 4 is 17.0 Å². The third-order valence-corrected chi connectivity index (χ3v) is 4.03. The Balaban J connectivity index is 1.71. The lowest BCUT2D eigenvalue weighted by atomic mass is 10.1. The van der Waals surface area contributed by atoms with Crippen molar-refractivity contribution in [2.24, 2.45) is 0 Å². The summed E-state index contributed by atoms with van der Waals surface area (Å²) >= 11 is 0. The number of hydrogen-bond donors (Lipinski definition) is 1. The summed E-state index contributed by atoms with van der Waals surface area (Å²) in [6.07, 6.45) is 4.50. The molecule has 0 radical (unpaired) electrons. The van der Waals surface area contributed by atoms with E-state index in [-0.39, 0.29) is 5.91 Å². The van der Waals surface area contributed by atoms with Crippen molar-refractivity contribution in [3.8, 4) is 11.5 Å². The van der Waals surface area contributed by atoms with Crippen LogP contribution in [0.5, 0.6) is 0 Å². The standard InChI is InChI=1S/C19H23N3O4/c1-3-4-9-24-10-6-8-20-18(23)14-12-15(16-7-5-11-25-16)21-19-17(14)13(2)22-26-19/h5,7,11-12H,3-4,6,8-10H2,1-2H3,(H,20,23). The van der Waals surface area contributed by atoms with Crippen LogP contribution < -0.4 is 5.32 Å². The Bertz CT molecular complexity index is 855. The zero-order chi connectivity index (χ0) is 18.4. The molecule has 0 bridgehead atoms. The Hall–Kier alpha value is -2.67. The van der Waals surface area contributed by atoms with Crippen LogP contribution in [0.3, 0.4) is 0 Å². The lowest BCUT2D eigenvalue weighted by molar-refractivity contribution is 0.0942. The molecule has 0 unspecified atom stereocenters. The monoisotopic (exact) mass is 357 g/mol. The average Bonchev–Trinajstić information content (AvgIpc) is 3.30. The van der Waals surface area contributed by atoms with Crippen LogP contribution >= 0.6 is 0 Å². The number of aryl methyl sites for hydroxylation is 1. The van der Waals surface area contributed by atoms with Crippen molar-refractivity contribution < 1.29 is 18.5 Å². The van der Waals surface area contributed by atoms with Gasteiger partial charge in [0.25, 0.3) is 11.6 Å². The predicted octanol–water partition coefficient (Wildman–Crippen LogP) is 3.73. The van der Waals surface area contributed by atoms with Gasteiger partial charge >= 0.3 is 0 Å². The molecule has 0 saturated carbocycles. The Morgan fingerprint density at radius 2 is 2.15 bits per heavy atom. The summed E-state index contributed by atoms with van der Waals surface area (Å²) in [5, 5.41) is 7.48. The van der Waals surface area contributed by atoms with E-state index in [4.69, 9.17) is 13.7 Å². The number of unbranched alkanes of at least 4 members (excludes halogenated alkanes) is 1. The maximum absolute atomic E-state index is 12.7. The van der Waals surface area contributed by atoms with Crippen LogP contribution in [0.15, 0.2) is 33.4 Å². The maximum atomic E-state index is 12.7. The molecule has 0 saturated heterocycles. The van der Waals surface area contributed by atoms with Gasteiger partial charge in [0.1, 0.15) is 5.69 Å². The number of nitrogens with zero attached hydrogens (tertiary/aromatic N) is 2. The molecule has 7 nitrogen and oxygen atoms in total. The largest absolute Gasteiger partial charge is 0.463 e. The molecule has 0 aromatic carbocycles. The molecule has 3 aromatic heterocycles. The number of aromatic nitrogens is 2. The predicted molar refractivity (Wildman–Crippen MR) is 96.9 cm³/mol. The van der Waals surface area contributed by atoms with Crippen molar-refractivity contribution in [2.45, 2.75) is 33.1 Å². The highest BCUT2D eigenvalue weighted by Gasteiger charge is 2.19. The van der Waals surface area contributed by atoms with Gasteiger partial charge in [-0.2, -0.15) is 0 Å². The molecule has 7 heteroatoms. The van der Waals surface area contributed by atoms with E-state index >= 15 is 0 Å². The zero-order valence-electron chi connectivity index (χ0n) is 15.1. The molecular weight excluding hydrogens is 334 g/mol. The number of nitrogens with one attached hydrogen (secondary N) is 1. The molecular formula is C19H23N3O4. The summed E-state index contributed by atoms with van der Waals surface area (Å²) in [6.45, 7) is 5.86. The lowest BCUT2D eigenvalue weighted by Crippen LogP contribution is -2.25. The van der Waals surface area contributed by atoms with Gasteiger partial charge in [0.2, 0.25) is 0 Å². The zero-order valence-corrected chi connectivity index (χ0v) is 15.1. The topological polar surface area (TPSA) is 90.4 Å². The Labute approximate surface area is 151 Å². The van der Waals surface area contributed by atoms with Gasteiger partial charge in [0, 0.05) is 19.8 Å². The van der Waals surface area contributed by atoms with Gasteiger partial charge in [-0.05, 0) is 38.0 Å². The van der Waals surface area contributed by atoms with E-state index in [1.165, 1.54) is 0 Å². The van der Waals surface area contributed by atoms with Gasteiger partial charge in [-0.3, -0.25) is 4.79 Å². The third-order valence-electron chi connectivity index (χ3n) is 4.03. The van der Waals surface area contributed by atoms with Crippen LogP contribution in [-0.2, 0) is 4.74 Å². The van der Waals surface area contributed by atoms with E-state index in [0.717, 1.165) is 25.9 Å². The van der Waals surface area contributed by atoms with Gasteiger partial charge in [-0.1, -0.05) is 18.5 Å². The number of carbonyl (C=O) groups excluding carboxylic acids is 1. The summed E-state index contributed by atoms with van der Waals surface area (Å²) in [5.41, 5.74) is 1.97. The molecule has 0 atom stereocenters. The first-order chi connectivity index (χ1) is 12.7. The highest BCUT2D eigenvalue weighted by atomic mass is 16.5. The minimum atomic E-state index is -0.190. The third kappa shape index (κ3) is 4.11. The first-order valence-electron chi connectivity index (χ1n) is 8.87. The van der Waals surface area contributed by atoms with E-state index in [1.54, 1.807) is 31.4 Å². The minimum absolute atomic E-state index is 0.190. The number of furan rings is 1. The summed E-state index contributed by atoms with van der Waals surface area (Å²) in [6, 6.07) is 5.26. The summed E-state index contributed by atoms with van der Waals surface area (Å²) in [7, 11) is 0. The second-order valence-electron chi connectivity index (χ2n) is 6.06. The second kappa shape index (κ2) is 8.62. The molecule has 0 fully saturated rings. The normalized spacial score (nSPS) is 11.2. The smallest absolute Gasteiger partial charge is 0.259 e. The first kappa shape index (κ1) is 18.1. The van der Waals surface area contributed by atoms with Crippen molar-refractivity contribution in [1.82, 2.24) is 15.5 Å². The van der Waals surface area contributed by atoms with E-state index < -0.39 is 0 Å². The molecule has 0 aliphatic carbocycles. The summed E-state index contributed by atoms with van der Waals surface area (Å²) < 4.78 is 16.1. The number of amides is 1. The van der Waals surface area contributed by atoms with E-state index in [9.17, 15) is 4.79 Å². The number of ether oxygens (including phenoxy) is 1. The van der Waals surface area contributed by atoms with E-state index in [2.05, 4.69) is 22.4 Å². The van der Waals surface area contributed by atoms with Crippen LogP contribution in [0.1, 0.15) is 42.2 Å². The molecule has 1 amide bonds. The maximum Gasteiger partial charge on any atom is 0.259 e. The van der Waals surface area contributed by atoms with Gasteiger partial charge in [-0.25, -0.2) is 4.98 Å². The van der Waals surface area contributed by atoms with Crippen LogP contribution in [0.25, 0.3) is 22.6 Å². The van der Waals surface area contributed by atoms with Gasteiger partial charge < -0.3 is 19.0 Å². The fraction of sp³-hybridized carbons (Fsp3) is 0.421. The molecule has 0 spiro atoms. The fourth-order valence-corrected chi connectivity index (χ4v) is 2.64. The first-order valence-corrected chi connectivity index (χ1v) is 8.87.